The highest BCUT2D eigenvalue weighted by molar-refractivity contribution is 5.95. The number of aliphatic hydroxyl groups is 1. The first kappa shape index (κ1) is 10.1. The van der Waals surface area contributed by atoms with Gasteiger partial charge in [-0.2, -0.15) is 0 Å². The Morgan fingerprint density at radius 2 is 2.21 bits per heavy atom. The Hall–Kier alpha value is -1.99. The summed E-state index contributed by atoms with van der Waals surface area (Å²) in [6.07, 6.45) is 0. The molecule has 0 aliphatic carbocycles. The van der Waals surface area contributed by atoms with Gasteiger partial charge in [0.1, 0.15) is 12.4 Å². The van der Waals surface area contributed by atoms with Crippen molar-refractivity contribution in [3.8, 4) is 17.6 Å². The van der Waals surface area contributed by atoms with Gasteiger partial charge < -0.3 is 15.9 Å². The molecule has 1 rings (SSSR count). The van der Waals surface area contributed by atoms with Crippen LogP contribution in [0.1, 0.15) is 15.9 Å². The fourth-order valence-corrected chi connectivity index (χ4v) is 0.953. The van der Waals surface area contributed by atoms with E-state index in [1.807, 2.05) is 0 Å². The first-order valence-electron chi connectivity index (χ1n) is 3.87. The molecular formula is C10H9NO3. The van der Waals surface area contributed by atoms with Crippen LogP contribution in [0.4, 0.5) is 0 Å². The minimum absolute atomic E-state index is 0.0229. The van der Waals surface area contributed by atoms with Crippen LogP contribution in [-0.2, 0) is 0 Å². The third-order valence-electron chi connectivity index (χ3n) is 1.57. The highest BCUT2D eigenvalue weighted by Gasteiger charge is 2.06. The summed E-state index contributed by atoms with van der Waals surface area (Å²) < 4.78 is 0. The Bertz CT molecular complexity index is 415. The van der Waals surface area contributed by atoms with Gasteiger partial charge in [0.2, 0.25) is 0 Å². The van der Waals surface area contributed by atoms with Crippen molar-refractivity contribution in [2.24, 2.45) is 5.73 Å². The Morgan fingerprint density at radius 3 is 2.79 bits per heavy atom. The van der Waals surface area contributed by atoms with E-state index in [9.17, 15) is 9.90 Å². The van der Waals surface area contributed by atoms with E-state index in [0.717, 1.165) is 0 Å². The first-order chi connectivity index (χ1) is 6.65. The largest absolute Gasteiger partial charge is 0.507 e. The van der Waals surface area contributed by atoms with Crippen LogP contribution in [0.5, 0.6) is 5.75 Å². The molecule has 0 heterocycles. The zero-order valence-electron chi connectivity index (χ0n) is 7.32. The van der Waals surface area contributed by atoms with E-state index in [-0.39, 0.29) is 17.9 Å². The van der Waals surface area contributed by atoms with E-state index in [0.29, 0.717) is 5.56 Å². The second kappa shape index (κ2) is 4.30. The number of aromatic hydroxyl groups is 1. The van der Waals surface area contributed by atoms with Crippen molar-refractivity contribution >= 4 is 5.91 Å². The number of benzene rings is 1. The smallest absolute Gasteiger partial charge is 0.252 e. The molecule has 1 amide bonds. The molecule has 14 heavy (non-hydrogen) atoms. The second-order valence-corrected chi connectivity index (χ2v) is 2.56. The van der Waals surface area contributed by atoms with Crippen LogP contribution in [0.25, 0.3) is 0 Å². The summed E-state index contributed by atoms with van der Waals surface area (Å²) in [5.74, 6) is 4.13. The molecule has 4 nitrogen and oxygen atoms in total. The van der Waals surface area contributed by atoms with Crippen molar-refractivity contribution in [1.82, 2.24) is 0 Å². The molecule has 0 fully saturated rings. The molecule has 4 N–H and O–H groups in total. The Morgan fingerprint density at radius 1 is 1.50 bits per heavy atom. The van der Waals surface area contributed by atoms with Gasteiger partial charge in [-0.05, 0) is 18.2 Å². The van der Waals surface area contributed by atoms with Gasteiger partial charge in [0.15, 0.2) is 0 Å². The zero-order chi connectivity index (χ0) is 10.6. The SMILES string of the molecule is NC(=O)c1cc(C#CCO)ccc1O. The third-order valence-corrected chi connectivity index (χ3v) is 1.57. The van der Waals surface area contributed by atoms with Gasteiger partial charge in [0.25, 0.3) is 5.91 Å². The molecule has 0 aliphatic heterocycles. The minimum Gasteiger partial charge on any atom is -0.507 e. The van der Waals surface area contributed by atoms with Gasteiger partial charge >= 0.3 is 0 Å². The number of phenols is 1. The molecule has 1 aromatic rings. The monoisotopic (exact) mass is 191 g/mol. The second-order valence-electron chi connectivity index (χ2n) is 2.56. The molecular weight excluding hydrogens is 182 g/mol. The molecule has 0 unspecified atom stereocenters. The number of primary amides is 1. The van der Waals surface area contributed by atoms with Crippen molar-refractivity contribution in [2.45, 2.75) is 0 Å². The average Bonchev–Trinajstić information content (AvgIpc) is 2.16. The number of hydrogen-bond acceptors (Lipinski definition) is 3. The summed E-state index contributed by atoms with van der Waals surface area (Å²) in [4.78, 5) is 10.8. The predicted octanol–water partition coefficient (Wildman–Crippen LogP) is -0.165. The van der Waals surface area contributed by atoms with Crippen molar-refractivity contribution in [2.75, 3.05) is 6.61 Å². The van der Waals surface area contributed by atoms with Gasteiger partial charge in [-0.3, -0.25) is 4.79 Å². The fourth-order valence-electron chi connectivity index (χ4n) is 0.953. The van der Waals surface area contributed by atoms with Crippen molar-refractivity contribution in [1.29, 1.82) is 0 Å². The molecule has 4 heteroatoms. The summed E-state index contributed by atoms with van der Waals surface area (Å²) >= 11 is 0. The number of rotatable bonds is 1. The van der Waals surface area contributed by atoms with E-state index in [1.54, 1.807) is 0 Å². The molecule has 1 aromatic carbocycles. The normalized spacial score (nSPS) is 8.93. The van der Waals surface area contributed by atoms with E-state index in [2.05, 4.69) is 11.8 Å². The Balaban J connectivity index is 3.13. The molecule has 0 saturated carbocycles. The molecule has 0 spiro atoms. The summed E-state index contributed by atoms with van der Waals surface area (Å²) in [5.41, 5.74) is 5.56. The maximum Gasteiger partial charge on any atom is 0.252 e. The summed E-state index contributed by atoms with van der Waals surface area (Å²) in [5, 5.41) is 17.7. The van der Waals surface area contributed by atoms with Crippen LogP contribution in [-0.4, -0.2) is 22.7 Å². The van der Waals surface area contributed by atoms with Crippen LogP contribution in [0.2, 0.25) is 0 Å². The predicted molar refractivity (Wildman–Crippen MR) is 50.6 cm³/mol. The van der Waals surface area contributed by atoms with E-state index in [4.69, 9.17) is 10.8 Å². The zero-order valence-corrected chi connectivity index (χ0v) is 7.32. The molecule has 0 atom stereocenters. The number of aliphatic hydroxyl groups excluding tert-OH is 1. The lowest BCUT2D eigenvalue weighted by molar-refractivity contribution is 0.0997. The van der Waals surface area contributed by atoms with Gasteiger partial charge in [-0.15, -0.1) is 0 Å². The number of hydrogen-bond donors (Lipinski definition) is 3. The van der Waals surface area contributed by atoms with Crippen molar-refractivity contribution < 1.29 is 15.0 Å². The lowest BCUT2D eigenvalue weighted by Gasteiger charge is -1.99. The van der Waals surface area contributed by atoms with E-state index in [1.165, 1.54) is 18.2 Å². The molecule has 0 saturated heterocycles. The first-order valence-corrected chi connectivity index (χ1v) is 3.87. The van der Waals surface area contributed by atoms with Gasteiger partial charge in [-0.1, -0.05) is 11.8 Å². The van der Waals surface area contributed by atoms with Crippen LogP contribution in [0.3, 0.4) is 0 Å². The lowest BCUT2D eigenvalue weighted by atomic mass is 10.1. The summed E-state index contributed by atoms with van der Waals surface area (Å²) in [7, 11) is 0. The van der Waals surface area contributed by atoms with Crippen LogP contribution in [0, 0.1) is 11.8 Å². The van der Waals surface area contributed by atoms with Crippen LogP contribution < -0.4 is 5.73 Å². The van der Waals surface area contributed by atoms with Gasteiger partial charge in [-0.25, -0.2) is 0 Å². The maximum absolute atomic E-state index is 10.8. The fraction of sp³-hybridized carbons (Fsp3) is 0.100. The average molecular weight is 191 g/mol. The minimum atomic E-state index is -0.713. The Kier molecular flexibility index (Phi) is 3.10. The molecule has 0 aromatic heterocycles. The molecule has 0 aliphatic rings. The standard InChI is InChI=1S/C10H9NO3/c11-10(14)8-6-7(2-1-5-12)3-4-9(8)13/h3-4,6,12-13H,5H2,(H2,11,14). The summed E-state index contributed by atoms with van der Waals surface area (Å²) in [6.45, 7) is -0.257. The number of amides is 1. The molecule has 0 bridgehead atoms. The van der Waals surface area contributed by atoms with Crippen LogP contribution >= 0.6 is 0 Å². The summed E-state index contributed by atoms with van der Waals surface area (Å²) in [6, 6.07) is 4.24. The molecule has 0 radical (unpaired) electrons. The maximum atomic E-state index is 10.8. The van der Waals surface area contributed by atoms with Crippen molar-refractivity contribution in [3.63, 3.8) is 0 Å². The van der Waals surface area contributed by atoms with Gasteiger partial charge in [0.05, 0.1) is 5.56 Å². The lowest BCUT2D eigenvalue weighted by Crippen LogP contribution is -2.11. The highest BCUT2D eigenvalue weighted by Crippen LogP contribution is 2.17. The number of nitrogens with two attached hydrogens (primary N) is 1. The van der Waals surface area contributed by atoms with Crippen molar-refractivity contribution in [3.05, 3.63) is 29.3 Å². The topological polar surface area (TPSA) is 83.6 Å². The van der Waals surface area contributed by atoms with E-state index >= 15 is 0 Å². The third kappa shape index (κ3) is 2.25. The number of carbonyl (C=O) groups excluding carboxylic acids is 1. The Labute approximate surface area is 81.0 Å². The molecule has 72 valence electrons. The number of carbonyl (C=O) groups is 1. The van der Waals surface area contributed by atoms with E-state index < -0.39 is 5.91 Å². The van der Waals surface area contributed by atoms with Gasteiger partial charge in [0, 0.05) is 5.56 Å². The highest BCUT2D eigenvalue weighted by atomic mass is 16.3. The quantitative estimate of drug-likeness (QED) is 0.539. The van der Waals surface area contributed by atoms with Crippen LogP contribution in [0.15, 0.2) is 18.2 Å².